The Morgan fingerprint density at radius 3 is 2.50 bits per heavy atom. The lowest BCUT2D eigenvalue weighted by atomic mass is 10.2. The van der Waals surface area contributed by atoms with E-state index >= 15 is 0 Å². The minimum atomic E-state index is 0.548. The lowest BCUT2D eigenvalue weighted by molar-refractivity contribution is 0.467. The zero-order valence-electron chi connectivity index (χ0n) is 9.71. The van der Waals surface area contributed by atoms with Crippen LogP contribution in [0.2, 0.25) is 0 Å². The van der Waals surface area contributed by atoms with Crippen LogP contribution in [0.15, 0.2) is 60.7 Å². The standard InChI is InChI=1S/C15H12N2O/c16-12-6-2-4-8-14(12)18-15-10-9-11-5-1-3-7-13(11)17-15/h1-10H,16H2. The first-order chi connectivity index (χ1) is 8.83. The van der Waals surface area contributed by atoms with E-state index in [9.17, 15) is 0 Å². The summed E-state index contributed by atoms with van der Waals surface area (Å²) in [6.45, 7) is 0. The van der Waals surface area contributed by atoms with Crippen LogP contribution in [0, 0.1) is 0 Å². The van der Waals surface area contributed by atoms with Crippen LogP contribution >= 0.6 is 0 Å². The summed E-state index contributed by atoms with van der Waals surface area (Å²) in [5.41, 5.74) is 7.34. The first-order valence-corrected chi connectivity index (χ1v) is 5.71. The topological polar surface area (TPSA) is 48.1 Å². The average molecular weight is 236 g/mol. The number of aromatic nitrogens is 1. The van der Waals surface area contributed by atoms with Gasteiger partial charge in [-0.25, -0.2) is 4.98 Å². The van der Waals surface area contributed by atoms with Crippen molar-refractivity contribution in [3.05, 3.63) is 60.7 Å². The Balaban J connectivity index is 1.98. The molecule has 3 nitrogen and oxygen atoms in total. The minimum absolute atomic E-state index is 0.548. The quantitative estimate of drug-likeness (QED) is 0.691. The van der Waals surface area contributed by atoms with E-state index < -0.39 is 0 Å². The molecule has 0 saturated carbocycles. The highest BCUT2D eigenvalue weighted by atomic mass is 16.5. The Kier molecular flexibility index (Phi) is 2.57. The van der Waals surface area contributed by atoms with E-state index in [4.69, 9.17) is 10.5 Å². The fraction of sp³-hybridized carbons (Fsp3) is 0. The molecule has 3 rings (SSSR count). The second-order valence-electron chi connectivity index (χ2n) is 3.98. The van der Waals surface area contributed by atoms with Crippen molar-refractivity contribution >= 4 is 16.6 Å². The van der Waals surface area contributed by atoms with E-state index in [1.807, 2.05) is 54.6 Å². The van der Waals surface area contributed by atoms with Crippen LogP contribution in [-0.4, -0.2) is 4.98 Å². The number of hydrogen-bond acceptors (Lipinski definition) is 3. The number of hydrogen-bond donors (Lipinski definition) is 1. The van der Waals surface area contributed by atoms with Crippen LogP contribution in [0.25, 0.3) is 10.9 Å². The van der Waals surface area contributed by atoms with Gasteiger partial charge in [-0.05, 0) is 24.3 Å². The highest BCUT2D eigenvalue weighted by molar-refractivity contribution is 5.78. The first-order valence-electron chi connectivity index (χ1n) is 5.71. The van der Waals surface area contributed by atoms with Gasteiger partial charge < -0.3 is 10.5 Å². The van der Waals surface area contributed by atoms with Gasteiger partial charge in [0.05, 0.1) is 11.2 Å². The molecule has 0 aliphatic carbocycles. The molecule has 0 spiro atoms. The third-order valence-corrected chi connectivity index (χ3v) is 2.71. The van der Waals surface area contributed by atoms with Crippen LogP contribution in [0.4, 0.5) is 5.69 Å². The molecule has 0 aliphatic rings. The summed E-state index contributed by atoms with van der Waals surface area (Å²) in [6, 6.07) is 19.1. The molecule has 1 heterocycles. The molecule has 0 aliphatic heterocycles. The Morgan fingerprint density at radius 1 is 0.833 bits per heavy atom. The van der Waals surface area contributed by atoms with E-state index in [0.717, 1.165) is 10.9 Å². The van der Waals surface area contributed by atoms with Crippen LogP contribution < -0.4 is 10.5 Å². The van der Waals surface area contributed by atoms with Gasteiger partial charge in [0.15, 0.2) is 5.75 Å². The Hall–Kier alpha value is -2.55. The maximum Gasteiger partial charge on any atom is 0.219 e. The number of para-hydroxylation sites is 3. The van der Waals surface area contributed by atoms with E-state index in [1.54, 1.807) is 6.07 Å². The second kappa shape index (κ2) is 4.37. The molecule has 3 heteroatoms. The van der Waals surface area contributed by atoms with Gasteiger partial charge in [-0.15, -0.1) is 0 Å². The number of rotatable bonds is 2. The van der Waals surface area contributed by atoms with Gasteiger partial charge in [-0.3, -0.25) is 0 Å². The number of fused-ring (bicyclic) bond motifs is 1. The van der Waals surface area contributed by atoms with Gasteiger partial charge in [0.25, 0.3) is 0 Å². The van der Waals surface area contributed by atoms with E-state index in [-0.39, 0.29) is 0 Å². The van der Waals surface area contributed by atoms with Crippen molar-refractivity contribution in [1.29, 1.82) is 0 Å². The van der Waals surface area contributed by atoms with Crippen molar-refractivity contribution < 1.29 is 4.74 Å². The Labute approximate surface area is 105 Å². The molecule has 2 N–H and O–H groups in total. The molecule has 0 radical (unpaired) electrons. The number of pyridine rings is 1. The number of anilines is 1. The monoisotopic (exact) mass is 236 g/mol. The van der Waals surface area contributed by atoms with Crippen molar-refractivity contribution in [3.63, 3.8) is 0 Å². The first kappa shape index (κ1) is 10.6. The summed E-state index contributed by atoms with van der Waals surface area (Å²) in [6.07, 6.45) is 0. The van der Waals surface area contributed by atoms with Crippen LogP contribution in [0.5, 0.6) is 11.6 Å². The molecular weight excluding hydrogens is 224 g/mol. The number of benzene rings is 2. The van der Waals surface area contributed by atoms with Crippen molar-refractivity contribution in [3.8, 4) is 11.6 Å². The zero-order chi connectivity index (χ0) is 12.4. The summed E-state index contributed by atoms with van der Waals surface area (Å²) in [5, 5.41) is 1.09. The lowest BCUT2D eigenvalue weighted by Gasteiger charge is -2.07. The Morgan fingerprint density at radius 2 is 1.61 bits per heavy atom. The second-order valence-corrected chi connectivity index (χ2v) is 3.98. The molecule has 18 heavy (non-hydrogen) atoms. The summed E-state index contributed by atoms with van der Waals surface area (Å²) in [4.78, 5) is 4.43. The van der Waals surface area contributed by atoms with Gasteiger partial charge in [-0.2, -0.15) is 0 Å². The zero-order valence-corrected chi connectivity index (χ0v) is 9.71. The SMILES string of the molecule is Nc1ccccc1Oc1ccc2ccccc2n1. The van der Waals surface area contributed by atoms with Crippen molar-refractivity contribution in [2.24, 2.45) is 0 Å². The largest absolute Gasteiger partial charge is 0.437 e. The molecule has 2 aromatic carbocycles. The predicted octanol–water partition coefficient (Wildman–Crippen LogP) is 3.61. The fourth-order valence-corrected chi connectivity index (χ4v) is 1.79. The predicted molar refractivity (Wildman–Crippen MR) is 72.7 cm³/mol. The molecule has 0 saturated heterocycles. The average Bonchev–Trinajstić information content (AvgIpc) is 2.41. The maximum absolute atomic E-state index is 5.83. The number of ether oxygens (including phenoxy) is 1. The van der Waals surface area contributed by atoms with E-state index in [0.29, 0.717) is 17.3 Å². The van der Waals surface area contributed by atoms with Crippen molar-refractivity contribution in [2.75, 3.05) is 5.73 Å². The molecule has 88 valence electrons. The van der Waals surface area contributed by atoms with Gasteiger partial charge in [0, 0.05) is 11.5 Å². The minimum Gasteiger partial charge on any atom is -0.437 e. The molecule has 0 atom stereocenters. The van der Waals surface area contributed by atoms with Crippen molar-refractivity contribution in [2.45, 2.75) is 0 Å². The summed E-state index contributed by atoms with van der Waals surface area (Å²) >= 11 is 0. The number of nitrogens with zero attached hydrogens (tertiary/aromatic N) is 1. The molecule has 1 aromatic heterocycles. The Bertz CT molecular complexity index is 695. The summed E-state index contributed by atoms with van der Waals surface area (Å²) in [5.74, 6) is 1.17. The maximum atomic E-state index is 5.83. The molecule has 0 bridgehead atoms. The highest BCUT2D eigenvalue weighted by Crippen LogP contribution is 2.26. The van der Waals surface area contributed by atoms with E-state index in [2.05, 4.69) is 4.98 Å². The fourth-order valence-electron chi connectivity index (χ4n) is 1.79. The van der Waals surface area contributed by atoms with Gasteiger partial charge >= 0.3 is 0 Å². The third-order valence-electron chi connectivity index (χ3n) is 2.71. The molecule has 0 fully saturated rings. The smallest absolute Gasteiger partial charge is 0.219 e. The molecule has 0 unspecified atom stereocenters. The summed E-state index contributed by atoms with van der Waals surface area (Å²) in [7, 11) is 0. The van der Waals surface area contributed by atoms with Crippen LogP contribution in [-0.2, 0) is 0 Å². The van der Waals surface area contributed by atoms with Crippen LogP contribution in [0.3, 0.4) is 0 Å². The van der Waals surface area contributed by atoms with E-state index in [1.165, 1.54) is 0 Å². The van der Waals surface area contributed by atoms with Gasteiger partial charge in [-0.1, -0.05) is 30.3 Å². The normalized spacial score (nSPS) is 10.4. The third kappa shape index (κ3) is 1.98. The number of nitrogen functional groups attached to an aromatic ring is 1. The highest BCUT2D eigenvalue weighted by Gasteiger charge is 2.03. The van der Waals surface area contributed by atoms with Gasteiger partial charge in [0.2, 0.25) is 5.88 Å². The van der Waals surface area contributed by atoms with Crippen molar-refractivity contribution in [1.82, 2.24) is 4.98 Å². The summed E-state index contributed by atoms with van der Waals surface area (Å²) < 4.78 is 5.68. The lowest BCUT2D eigenvalue weighted by Crippen LogP contribution is -1.93. The molecule has 3 aromatic rings. The molecular formula is C15H12N2O. The molecule has 0 amide bonds. The van der Waals surface area contributed by atoms with Crippen LogP contribution in [0.1, 0.15) is 0 Å². The number of nitrogens with two attached hydrogens (primary N) is 1. The van der Waals surface area contributed by atoms with Gasteiger partial charge in [0.1, 0.15) is 0 Å².